The summed E-state index contributed by atoms with van der Waals surface area (Å²) in [5, 5.41) is 17.7. The number of hydrogen-bond acceptors (Lipinski definition) is 4. The van der Waals surface area contributed by atoms with Crippen molar-refractivity contribution in [2.45, 2.75) is 0 Å². The molecule has 0 unspecified atom stereocenters. The minimum Gasteiger partial charge on any atom is -0.495 e. The van der Waals surface area contributed by atoms with E-state index >= 15 is 0 Å². The van der Waals surface area contributed by atoms with Gasteiger partial charge in [-0.15, -0.1) is 0 Å². The molecule has 0 amide bonds. The largest absolute Gasteiger partial charge is 0.495 e. The van der Waals surface area contributed by atoms with Gasteiger partial charge in [-0.1, -0.05) is 0 Å². The lowest BCUT2D eigenvalue weighted by atomic mass is 9.82. The van der Waals surface area contributed by atoms with E-state index in [1.807, 2.05) is 0 Å². The number of methoxy groups -OCH3 is 1. The van der Waals surface area contributed by atoms with E-state index in [2.05, 4.69) is 20.9 Å². The van der Waals surface area contributed by atoms with Gasteiger partial charge in [-0.2, -0.15) is 0 Å². The van der Waals surface area contributed by atoms with E-state index in [1.165, 1.54) is 19.4 Å². The normalized spacial score (nSPS) is 9.67. The second-order valence-electron chi connectivity index (χ2n) is 2.13. The Morgan fingerprint density at radius 3 is 2.75 bits per heavy atom. The molecule has 0 radical (unpaired) electrons. The molecule has 0 saturated heterocycles. The fourth-order valence-electron chi connectivity index (χ4n) is 0.738. The van der Waals surface area contributed by atoms with Gasteiger partial charge in [0.2, 0.25) is 0 Å². The fourth-order valence-corrected chi connectivity index (χ4v) is 1.16. The van der Waals surface area contributed by atoms with E-state index < -0.39 is 7.12 Å². The van der Waals surface area contributed by atoms with E-state index in [-0.39, 0.29) is 5.46 Å². The number of halogens is 1. The molecule has 0 saturated carbocycles. The Morgan fingerprint density at radius 1 is 1.58 bits per heavy atom. The predicted molar refractivity (Wildman–Crippen MR) is 48.3 cm³/mol. The molecule has 0 aliphatic carbocycles. The number of aromatic nitrogens is 1. The fraction of sp³-hybridized carbons (Fsp3) is 0.167. The summed E-state index contributed by atoms with van der Waals surface area (Å²) in [5.41, 5.74) is 0.286. The van der Waals surface area contributed by atoms with Gasteiger partial charge in [-0.3, -0.25) is 0 Å². The summed E-state index contributed by atoms with van der Waals surface area (Å²) in [5.74, 6) is 0.487. The molecule has 64 valence electrons. The Hall–Kier alpha value is -0.585. The van der Waals surface area contributed by atoms with Crippen molar-refractivity contribution in [2.75, 3.05) is 7.11 Å². The third kappa shape index (κ3) is 1.97. The first-order valence-corrected chi connectivity index (χ1v) is 4.00. The Bertz CT molecular complexity index is 281. The van der Waals surface area contributed by atoms with Crippen molar-refractivity contribution in [1.82, 2.24) is 4.98 Å². The predicted octanol–water partition coefficient (Wildman–Crippen LogP) is -0.468. The number of ether oxygens (including phenoxy) is 1. The van der Waals surface area contributed by atoms with Gasteiger partial charge in [0.1, 0.15) is 10.4 Å². The first-order valence-electron chi connectivity index (χ1n) is 3.20. The van der Waals surface area contributed by atoms with E-state index in [4.69, 9.17) is 14.8 Å². The SMILES string of the molecule is COc1cnc(Br)c(B(O)O)c1. The molecular formula is C6H7BBrNO3. The molecule has 0 fully saturated rings. The summed E-state index contributed by atoms with van der Waals surface area (Å²) in [7, 11) is -0.0553. The van der Waals surface area contributed by atoms with Crippen LogP contribution >= 0.6 is 15.9 Å². The zero-order valence-corrected chi connectivity index (χ0v) is 7.95. The van der Waals surface area contributed by atoms with E-state index in [9.17, 15) is 0 Å². The highest BCUT2D eigenvalue weighted by atomic mass is 79.9. The van der Waals surface area contributed by atoms with Crippen LogP contribution < -0.4 is 10.2 Å². The summed E-state index contributed by atoms with van der Waals surface area (Å²) < 4.78 is 5.26. The van der Waals surface area contributed by atoms with Gasteiger partial charge >= 0.3 is 7.12 Å². The van der Waals surface area contributed by atoms with E-state index in [0.717, 1.165) is 0 Å². The van der Waals surface area contributed by atoms with Crippen LogP contribution in [0, 0.1) is 0 Å². The topological polar surface area (TPSA) is 62.6 Å². The van der Waals surface area contributed by atoms with Gasteiger partial charge in [0, 0.05) is 5.46 Å². The van der Waals surface area contributed by atoms with Crippen LogP contribution in [-0.4, -0.2) is 29.3 Å². The maximum Gasteiger partial charge on any atom is 0.491 e. The first-order chi connectivity index (χ1) is 5.65. The maximum atomic E-state index is 8.85. The van der Waals surface area contributed by atoms with Crippen LogP contribution in [0.3, 0.4) is 0 Å². The molecule has 0 aromatic carbocycles. The average Bonchev–Trinajstić information content (AvgIpc) is 2.05. The molecule has 0 spiro atoms. The van der Waals surface area contributed by atoms with Crippen molar-refractivity contribution < 1.29 is 14.8 Å². The molecule has 2 N–H and O–H groups in total. The number of rotatable bonds is 2. The zero-order chi connectivity index (χ0) is 9.14. The standard InChI is InChI=1S/C6H7BBrNO3/c1-12-4-2-5(7(10)11)6(8)9-3-4/h2-3,10-11H,1H3. The first kappa shape index (κ1) is 9.50. The van der Waals surface area contributed by atoms with Crippen LogP contribution in [0.1, 0.15) is 0 Å². The molecule has 12 heavy (non-hydrogen) atoms. The Morgan fingerprint density at radius 2 is 2.25 bits per heavy atom. The summed E-state index contributed by atoms with van der Waals surface area (Å²) in [6, 6.07) is 1.50. The van der Waals surface area contributed by atoms with Crippen molar-refractivity contribution in [3.8, 4) is 5.75 Å². The Balaban J connectivity index is 3.08. The average molecular weight is 232 g/mol. The molecule has 0 atom stereocenters. The van der Waals surface area contributed by atoms with Crippen LogP contribution in [0.5, 0.6) is 5.75 Å². The monoisotopic (exact) mass is 231 g/mol. The third-order valence-corrected chi connectivity index (χ3v) is 2.02. The zero-order valence-electron chi connectivity index (χ0n) is 6.36. The summed E-state index contributed by atoms with van der Waals surface area (Å²) in [6.07, 6.45) is 1.48. The quantitative estimate of drug-likeness (QED) is 0.534. The lowest BCUT2D eigenvalue weighted by Gasteiger charge is -2.04. The summed E-state index contributed by atoms with van der Waals surface area (Å²) in [4.78, 5) is 3.84. The molecule has 1 heterocycles. The van der Waals surface area contributed by atoms with Crippen LogP contribution in [0.2, 0.25) is 0 Å². The molecule has 1 aromatic heterocycles. The van der Waals surface area contributed by atoms with Crippen LogP contribution in [0.15, 0.2) is 16.9 Å². The smallest absolute Gasteiger partial charge is 0.491 e. The van der Waals surface area contributed by atoms with Gasteiger partial charge < -0.3 is 14.8 Å². The van der Waals surface area contributed by atoms with E-state index in [0.29, 0.717) is 10.4 Å². The second-order valence-corrected chi connectivity index (χ2v) is 2.88. The minimum absolute atomic E-state index is 0.286. The highest BCUT2D eigenvalue weighted by Gasteiger charge is 2.16. The van der Waals surface area contributed by atoms with E-state index in [1.54, 1.807) is 0 Å². The molecule has 1 aromatic rings. The lowest BCUT2D eigenvalue weighted by Crippen LogP contribution is -2.31. The molecule has 0 aliphatic heterocycles. The Labute approximate surface area is 78.5 Å². The van der Waals surface area contributed by atoms with Gasteiger partial charge in [-0.05, 0) is 22.0 Å². The molecule has 1 rings (SSSR count). The highest BCUT2D eigenvalue weighted by molar-refractivity contribution is 9.10. The Kier molecular flexibility index (Phi) is 3.08. The van der Waals surface area contributed by atoms with Crippen LogP contribution in [0.4, 0.5) is 0 Å². The highest BCUT2D eigenvalue weighted by Crippen LogP contribution is 2.10. The van der Waals surface area contributed by atoms with Crippen molar-refractivity contribution in [2.24, 2.45) is 0 Å². The molecular weight excluding hydrogens is 225 g/mol. The molecule has 6 heteroatoms. The van der Waals surface area contributed by atoms with Gasteiger partial charge in [0.15, 0.2) is 0 Å². The molecule has 0 bridgehead atoms. The second kappa shape index (κ2) is 3.89. The molecule has 4 nitrogen and oxygen atoms in total. The van der Waals surface area contributed by atoms with Gasteiger partial charge in [-0.25, -0.2) is 4.98 Å². The van der Waals surface area contributed by atoms with Gasteiger partial charge in [0.25, 0.3) is 0 Å². The van der Waals surface area contributed by atoms with Crippen molar-refractivity contribution in [3.05, 3.63) is 16.9 Å². The summed E-state index contributed by atoms with van der Waals surface area (Å²) in [6.45, 7) is 0. The van der Waals surface area contributed by atoms with Crippen molar-refractivity contribution in [3.63, 3.8) is 0 Å². The van der Waals surface area contributed by atoms with Crippen LogP contribution in [0.25, 0.3) is 0 Å². The van der Waals surface area contributed by atoms with Crippen LogP contribution in [-0.2, 0) is 0 Å². The molecule has 0 aliphatic rings. The van der Waals surface area contributed by atoms with Gasteiger partial charge in [0.05, 0.1) is 13.3 Å². The third-order valence-electron chi connectivity index (χ3n) is 1.35. The maximum absolute atomic E-state index is 8.85. The number of hydrogen-bond donors (Lipinski definition) is 2. The van der Waals surface area contributed by atoms with Crippen molar-refractivity contribution in [1.29, 1.82) is 0 Å². The summed E-state index contributed by atoms with van der Waals surface area (Å²) >= 11 is 3.07. The minimum atomic E-state index is -1.54. The number of pyridine rings is 1. The number of nitrogens with zero attached hydrogens (tertiary/aromatic N) is 1. The van der Waals surface area contributed by atoms with Crippen molar-refractivity contribution >= 4 is 28.5 Å². The lowest BCUT2D eigenvalue weighted by molar-refractivity contribution is 0.410.